The maximum Gasteiger partial charge on any atom is 0.147 e. The second-order valence-electron chi connectivity index (χ2n) is 3.57. The summed E-state index contributed by atoms with van der Waals surface area (Å²) in [6.07, 6.45) is 9.16. The van der Waals surface area contributed by atoms with E-state index in [0.717, 1.165) is 12.5 Å². The highest BCUT2D eigenvalue weighted by Gasteiger charge is 2.15. The van der Waals surface area contributed by atoms with Gasteiger partial charge in [-0.15, -0.1) is 12.1 Å². The summed E-state index contributed by atoms with van der Waals surface area (Å²) in [7, 11) is 0. The Hall–Kier alpha value is -1.76. The summed E-state index contributed by atoms with van der Waals surface area (Å²) in [6, 6.07) is 9.63. The van der Waals surface area contributed by atoms with Gasteiger partial charge in [0.2, 0.25) is 0 Å². The summed E-state index contributed by atoms with van der Waals surface area (Å²) in [4.78, 5) is 0. The summed E-state index contributed by atoms with van der Waals surface area (Å²) in [6.45, 7) is 6.16. The Balaban J connectivity index is 2.41. The van der Waals surface area contributed by atoms with Crippen LogP contribution in [0.3, 0.4) is 0 Å². The van der Waals surface area contributed by atoms with E-state index in [1.165, 1.54) is 11.1 Å². The van der Waals surface area contributed by atoms with E-state index in [-0.39, 0.29) is 0 Å². The molecule has 0 spiro atoms. The van der Waals surface area contributed by atoms with Crippen LogP contribution in [0.4, 0.5) is 0 Å². The molecule has 0 amide bonds. The molecule has 1 heterocycles. The predicted molar refractivity (Wildman–Crippen MR) is 63.8 cm³/mol. The highest BCUT2D eigenvalue weighted by molar-refractivity contribution is 5.43. The van der Waals surface area contributed by atoms with Crippen LogP contribution in [-0.4, -0.2) is 11.3 Å². The van der Waals surface area contributed by atoms with E-state index in [1.807, 2.05) is 22.9 Å². The molecular formula is C14H15N. The molecule has 0 aromatic heterocycles. The van der Waals surface area contributed by atoms with Crippen LogP contribution in [0.15, 0.2) is 48.7 Å². The minimum atomic E-state index is 1.05. The third-order valence-corrected chi connectivity index (χ3v) is 2.61. The lowest BCUT2D eigenvalue weighted by atomic mass is 9.97. The van der Waals surface area contributed by atoms with Crippen molar-refractivity contribution in [2.24, 2.45) is 0 Å². The van der Waals surface area contributed by atoms with E-state index >= 15 is 0 Å². The lowest BCUT2D eigenvalue weighted by Crippen LogP contribution is -2.14. The smallest absolute Gasteiger partial charge is 0.147 e. The zero-order valence-corrected chi connectivity index (χ0v) is 8.98. The van der Waals surface area contributed by atoms with Crippen LogP contribution in [0.5, 0.6) is 0 Å². The Kier molecular flexibility index (Phi) is 2.72. The van der Waals surface area contributed by atoms with Crippen molar-refractivity contribution in [3.8, 4) is 0 Å². The normalized spacial score (nSPS) is 14.7. The molecule has 2 rings (SSSR count). The van der Waals surface area contributed by atoms with Crippen molar-refractivity contribution < 1.29 is 4.58 Å². The molecule has 1 nitrogen and oxygen atoms in total. The number of hydrogen-bond acceptors (Lipinski definition) is 0. The lowest BCUT2D eigenvalue weighted by molar-refractivity contribution is -0.417. The van der Waals surface area contributed by atoms with Gasteiger partial charge in [0.25, 0.3) is 0 Å². The first kappa shape index (κ1) is 9.78. The van der Waals surface area contributed by atoms with E-state index in [2.05, 4.69) is 44.0 Å². The van der Waals surface area contributed by atoms with Crippen LogP contribution >= 0.6 is 0 Å². The molecule has 1 aliphatic rings. The number of nitrogens with zero attached hydrogens (tertiary/aromatic N) is 1. The second-order valence-corrected chi connectivity index (χ2v) is 3.57. The zero-order chi connectivity index (χ0) is 10.7. The third-order valence-electron chi connectivity index (χ3n) is 2.61. The van der Waals surface area contributed by atoms with Crippen molar-refractivity contribution in [1.82, 2.24) is 0 Å². The fraction of sp³-hybridized carbons (Fsp3) is 0.143. The molecule has 0 N–H and O–H groups in total. The first-order valence-corrected chi connectivity index (χ1v) is 5.22. The van der Waals surface area contributed by atoms with Gasteiger partial charge in [0, 0.05) is 0 Å². The van der Waals surface area contributed by atoms with Gasteiger partial charge < -0.3 is 0 Å². The molecule has 0 saturated heterocycles. The highest BCUT2D eigenvalue weighted by Crippen LogP contribution is 2.23. The maximum absolute atomic E-state index is 3.99. The molecule has 1 aromatic rings. The van der Waals surface area contributed by atoms with Crippen LogP contribution in [0, 0.1) is 6.04 Å². The van der Waals surface area contributed by atoms with Crippen molar-refractivity contribution in [1.29, 1.82) is 0 Å². The number of allylic oxidation sites excluding steroid dienone is 2. The zero-order valence-electron chi connectivity index (χ0n) is 8.98. The van der Waals surface area contributed by atoms with Gasteiger partial charge in [-0.05, 0) is 11.6 Å². The van der Waals surface area contributed by atoms with E-state index in [4.69, 9.17) is 0 Å². The Morgan fingerprint density at radius 2 is 2.07 bits per heavy atom. The van der Waals surface area contributed by atoms with Gasteiger partial charge in [0.05, 0.1) is 6.72 Å². The molecular weight excluding hydrogens is 182 g/mol. The van der Waals surface area contributed by atoms with Gasteiger partial charge in [-0.2, -0.15) is 0 Å². The summed E-state index contributed by atoms with van der Waals surface area (Å²) < 4.78 is 1.91. The van der Waals surface area contributed by atoms with Gasteiger partial charge in [0.15, 0.2) is 0 Å². The minimum absolute atomic E-state index is 1.05. The second kappa shape index (κ2) is 4.18. The van der Waals surface area contributed by atoms with Crippen molar-refractivity contribution >= 4 is 6.72 Å². The first-order valence-electron chi connectivity index (χ1n) is 5.22. The predicted octanol–water partition coefficient (Wildman–Crippen LogP) is 2.93. The summed E-state index contributed by atoms with van der Waals surface area (Å²) in [5, 5.41) is 0. The summed E-state index contributed by atoms with van der Waals surface area (Å²) in [5.41, 5.74) is 2.64. The van der Waals surface area contributed by atoms with Gasteiger partial charge in [-0.25, -0.2) is 0 Å². The largest absolute Gasteiger partial charge is 0.255 e. The minimum Gasteiger partial charge on any atom is -0.255 e. The van der Waals surface area contributed by atoms with E-state index in [1.54, 1.807) is 0 Å². The third kappa shape index (κ3) is 1.86. The summed E-state index contributed by atoms with van der Waals surface area (Å²) in [5.74, 6) is 0. The number of hydrogen-bond donors (Lipinski definition) is 0. The van der Waals surface area contributed by atoms with Crippen molar-refractivity contribution in [2.75, 3.05) is 0 Å². The molecule has 1 aromatic carbocycles. The Morgan fingerprint density at radius 3 is 2.80 bits per heavy atom. The average Bonchev–Trinajstić information content (AvgIpc) is 2.30. The Morgan fingerprint density at radius 1 is 1.27 bits per heavy atom. The van der Waals surface area contributed by atoms with Crippen molar-refractivity contribution in [3.63, 3.8) is 0 Å². The molecule has 0 unspecified atom stereocenters. The average molecular weight is 197 g/mol. The SMILES string of the molecule is C=[N+]1C=CC=C[C-]1c1ccccc1CC. The van der Waals surface area contributed by atoms with E-state index in [9.17, 15) is 0 Å². The molecule has 0 radical (unpaired) electrons. The van der Waals surface area contributed by atoms with Crippen molar-refractivity contribution in [2.45, 2.75) is 13.3 Å². The maximum atomic E-state index is 3.99. The molecule has 0 atom stereocenters. The first-order chi connectivity index (χ1) is 7.33. The van der Waals surface area contributed by atoms with Crippen LogP contribution in [0.25, 0.3) is 0 Å². The monoisotopic (exact) mass is 197 g/mol. The van der Waals surface area contributed by atoms with E-state index in [0.29, 0.717) is 0 Å². The van der Waals surface area contributed by atoms with Crippen LogP contribution in [0.2, 0.25) is 0 Å². The molecule has 0 bridgehead atoms. The van der Waals surface area contributed by atoms with Crippen molar-refractivity contribution in [3.05, 3.63) is 65.9 Å². The van der Waals surface area contributed by atoms with Gasteiger partial charge in [-0.3, -0.25) is 4.58 Å². The van der Waals surface area contributed by atoms with Crippen LogP contribution in [-0.2, 0) is 6.42 Å². The molecule has 1 heteroatoms. The number of benzene rings is 1. The van der Waals surface area contributed by atoms with Gasteiger partial charge in [-0.1, -0.05) is 43.2 Å². The molecule has 0 aliphatic carbocycles. The Labute approximate surface area is 91.1 Å². The van der Waals surface area contributed by atoms with E-state index < -0.39 is 0 Å². The molecule has 15 heavy (non-hydrogen) atoms. The lowest BCUT2D eigenvalue weighted by Gasteiger charge is -2.19. The number of rotatable bonds is 2. The fourth-order valence-electron chi connectivity index (χ4n) is 1.80. The topological polar surface area (TPSA) is 3.01 Å². The van der Waals surface area contributed by atoms with Crippen LogP contribution < -0.4 is 0 Å². The summed E-state index contributed by atoms with van der Waals surface area (Å²) >= 11 is 0. The fourth-order valence-corrected chi connectivity index (χ4v) is 1.80. The molecule has 0 fully saturated rings. The van der Waals surface area contributed by atoms with Gasteiger partial charge >= 0.3 is 0 Å². The molecule has 1 aliphatic heterocycles. The quantitative estimate of drug-likeness (QED) is 0.506. The molecule has 0 saturated carbocycles. The van der Waals surface area contributed by atoms with Gasteiger partial charge in [0.1, 0.15) is 12.2 Å². The Bertz CT molecular complexity index is 427. The standard InChI is InChI=1S/C14H15N/c1-3-12-8-4-5-9-13(12)14-10-6-7-11-15(14)2/h4-11H,2-3H2,1H3. The van der Waals surface area contributed by atoms with Crippen LogP contribution in [0.1, 0.15) is 18.1 Å². The number of aryl methyl sites for hydroxylation is 1. The molecule has 76 valence electrons. The highest BCUT2D eigenvalue weighted by atomic mass is 15.0.